The summed E-state index contributed by atoms with van der Waals surface area (Å²) in [7, 11) is 0. The molecule has 1 unspecified atom stereocenters. The van der Waals surface area contributed by atoms with Gasteiger partial charge in [-0.05, 0) is 138 Å². The number of rotatable bonds is 5. The van der Waals surface area contributed by atoms with Crippen molar-refractivity contribution in [1.82, 2.24) is 0 Å². The van der Waals surface area contributed by atoms with Crippen molar-refractivity contribution in [1.29, 1.82) is 0 Å². The SMILES string of the molecule is CC(C)(C)c1ccc2c(c1)C1(c3ccccc3-c3ccc(N(c4ccc5c(c4)C(C)(C)c4ccccc4-5)c4ccccc4-c4ccccc4C4CCC4)cc31)c1ccccc1-2. The van der Waals surface area contributed by atoms with Crippen molar-refractivity contribution < 1.29 is 0 Å². The number of hydrogen-bond donors (Lipinski definition) is 0. The first kappa shape index (κ1) is 36.4. The summed E-state index contributed by atoms with van der Waals surface area (Å²) in [5, 5.41) is 0. The Labute approximate surface area is 361 Å². The molecule has 1 heteroatoms. The highest BCUT2D eigenvalue weighted by Gasteiger charge is 2.52. The molecular weight excluding hydrogens is 735 g/mol. The fourth-order valence-corrected chi connectivity index (χ4v) is 11.7. The standard InChI is InChI=1S/C60H51N/c1-58(2,3)39-29-32-48-45-22-9-13-26-52(45)60(55(48)35-39)53-27-14-10-23-46(53)49-34-31-41(37-56(49)60)61(40-30-33-47-44-21-8-12-25-51(44)59(4,5)54(47)36-40)57-28-15-11-24-50(57)43-20-7-6-19-42(43)38-17-16-18-38/h6-15,19-38H,16-18H2,1-5H3. The predicted octanol–water partition coefficient (Wildman–Crippen LogP) is 16.0. The minimum atomic E-state index is -0.460. The first-order valence-electron chi connectivity index (χ1n) is 22.4. The fourth-order valence-electron chi connectivity index (χ4n) is 11.7. The van der Waals surface area contributed by atoms with Gasteiger partial charge in [-0.3, -0.25) is 0 Å². The van der Waals surface area contributed by atoms with Crippen molar-refractivity contribution in [3.05, 3.63) is 220 Å². The third kappa shape index (κ3) is 5.07. The van der Waals surface area contributed by atoms with Gasteiger partial charge in [-0.2, -0.15) is 0 Å². The first-order valence-corrected chi connectivity index (χ1v) is 22.4. The average molecular weight is 786 g/mol. The maximum atomic E-state index is 2.58. The van der Waals surface area contributed by atoms with Crippen LogP contribution in [0.25, 0.3) is 44.5 Å². The van der Waals surface area contributed by atoms with Crippen LogP contribution >= 0.6 is 0 Å². The van der Waals surface area contributed by atoms with Gasteiger partial charge in [-0.1, -0.05) is 187 Å². The minimum Gasteiger partial charge on any atom is -0.310 e. The molecule has 12 rings (SSSR count). The van der Waals surface area contributed by atoms with E-state index in [2.05, 4.69) is 215 Å². The van der Waals surface area contributed by atoms with Crippen LogP contribution in [-0.4, -0.2) is 0 Å². The van der Waals surface area contributed by atoms with Crippen LogP contribution in [0.3, 0.4) is 0 Å². The normalized spacial score (nSPS) is 17.5. The zero-order valence-corrected chi connectivity index (χ0v) is 35.9. The molecular formula is C60H51N. The minimum absolute atomic E-state index is 0.00504. The molecule has 0 aromatic heterocycles. The van der Waals surface area contributed by atoms with Crippen LogP contribution in [0.5, 0.6) is 0 Å². The first-order chi connectivity index (χ1) is 29.7. The van der Waals surface area contributed by atoms with E-state index in [1.54, 1.807) is 0 Å². The molecule has 0 N–H and O–H groups in total. The van der Waals surface area contributed by atoms with Crippen LogP contribution in [0.2, 0.25) is 0 Å². The van der Waals surface area contributed by atoms with Crippen LogP contribution in [-0.2, 0) is 16.2 Å². The number of benzene rings is 8. The molecule has 61 heavy (non-hydrogen) atoms. The summed E-state index contributed by atoms with van der Waals surface area (Å²) in [6.07, 6.45) is 3.83. The van der Waals surface area contributed by atoms with E-state index >= 15 is 0 Å². The Morgan fingerprint density at radius 1 is 0.426 bits per heavy atom. The van der Waals surface area contributed by atoms with Crippen LogP contribution in [0, 0.1) is 0 Å². The maximum Gasteiger partial charge on any atom is 0.0726 e. The highest BCUT2D eigenvalue weighted by Crippen LogP contribution is 2.64. The van der Waals surface area contributed by atoms with E-state index in [4.69, 9.17) is 0 Å². The van der Waals surface area contributed by atoms with Gasteiger partial charge in [0.2, 0.25) is 0 Å². The third-order valence-electron chi connectivity index (χ3n) is 15.0. The Morgan fingerprint density at radius 2 is 0.885 bits per heavy atom. The van der Waals surface area contributed by atoms with E-state index < -0.39 is 5.41 Å². The molecule has 1 spiro atoms. The molecule has 4 aliphatic carbocycles. The van der Waals surface area contributed by atoms with Gasteiger partial charge in [0.25, 0.3) is 0 Å². The zero-order chi connectivity index (χ0) is 41.3. The second-order valence-electron chi connectivity index (χ2n) is 19.5. The molecule has 0 saturated heterocycles. The molecule has 296 valence electrons. The highest BCUT2D eigenvalue weighted by atomic mass is 15.1. The molecule has 4 aliphatic rings. The molecule has 8 aromatic carbocycles. The predicted molar refractivity (Wildman–Crippen MR) is 256 cm³/mol. The maximum absolute atomic E-state index is 2.58. The largest absolute Gasteiger partial charge is 0.310 e. The second kappa shape index (κ2) is 13.0. The molecule has 1 fully saturated rings. The molecule has 1 saturated carbocycles. The Bertz CT molecular complexity index is 3080. The Morgan fingerprint density at radius 3 is 1.49 bits per heavy atom. The Kier molecular flexibility index (Phi) is 7.78. The summed E-state index contributed by atoms with van der Waals surface area (Å²) in [5.74, 6) is 0.607. The number of anilines is 3. The summed E-state index contributed by atoms with van der Waals surface area (Å²) in [4.78, 5) is 2.58. The van der Waals surface area contributed by atoms with Crippen LogP contribution < -0.4 is 4.90 Å². The third-order valence-corrected chi connectivity index (χ3v) is 15.0. The van der Waals surface area contributed by atoms with Gasteiger partial charge in [-0.25, -0.2) is 0 Å². The number of fused-ring (bicyclic) bond motifs is 13. The lowest BCUT2D eigenvalue weighted by molar-refractivity contribution is 0.420. The van der Waals surface area contributed by atoms with Crippen molar-refractivity contribution in [2.24, 2.45) is 0 Å². The quantitative estimate of drug-likeness (QED) is 0.168. The van der Waals surface area contributed by atoms with Gasteiger partial charge in [-0.15, -0.1) is 0 Å². The van der Waals surface area contributed by atoms with E-state index in [9.17, 15) is 0 Å². The van der Waals surface area contributed by atoms with Crippen molar-refractivity contribution in [2.75, 3.05) is 4.90 Å². The van der Waals surface area contributed by atoms with Gasteiger partial charge in [0, 0.05) is 22.4 Å². The zero-order valence-electron chi connectivity index (χ0n) is 35.9. The summed E-state index contributed by atoms with van der Waals surface area (Å²) < 4.78 is 0. The lowest BCUT2D eigenvalue weighted by atomic mass is 9.69. The number of nitrogens with zero attached hydrogens (tertiary/aromatic N) is 1. The number of hydrogen-bond acceptors (Lipinski definition) is 1. The molecule has 0 amide bonds. The molecule has 0 heterocycles. The average Bonchev–Trinajstić information content (AvgIpc) is 3.81. The lowest BCUT2D eigenvalue weighted by Crippen LogP contribution is -2.27. The summed E-state index contributed by atoms with van der Waals surface area (Å²) in [6, 6.07) is 67.7. The van der Waals surface area contributed by atoms with Crippen molar-refractivity contribution >= 4 is 17.1 Å². The van der Waals surface area contributed by atoms with Crippen molar-refractivity contribution in [2.45, 2.75) is 76.0 Å². The molecule has 8 aromatic rings. The van der Waals surface area contributed by atoms with Crippen LogP contribution in [0.4, 0.5) is 17.1 Å². The second-order valence-corrected chi connectivity index (χ2v) is 19.5. The van der Waals surface area contributed by atoms with Crippen LogP contribution in [0.1, 0.15) is 104 Å². The lowest BCUT2D eigenvalue weighted by Gasteiger charge is -2.34. The Balaban J connectivity index is 1.14. The van der Waals surface area contributed by atoms with Crippen LogP contribution in [0.15, 0.2) is 176 Å². The molecule has 1 nitrogen and oxygen atoms in total. The Hall–Kier alpha value is -6.44. The van der Waals surface area contributed by atoms with Gasteiger partial charge in [0.1, 0.15) is 0 Å². The monoisotopic (exact) mass is 785 g/mol. The highest BCUT2D eigenvalue weighted by molar-refractivity contribution is 5.98. The smallest absolute Gasteiger partial charge is 0.0726 e. The van der Waals surface area contributed by atoms with E-state index in [0.717, 1.165) is 0 Å². The topological polar surface area (TPSA) is 3.24 Å². The summed E-state index contributed by atoms with van der Waals surface area (Å²) in [6.45, 7) is 11.8. The van der Waals surface area contributed by atoms with E-state index in [1.165, 1.54) is 125 Å². The van der Waals surface area contributed by atoms with E-state index in [1.807, 2.05) is 0 Å². The van der Waals surface area contributed by atoms with Crippen molar-refractivity contribution in [3.8, 4) is 44.5 Å². The van der Waals surface area contributed by atoms with Crippen molar-refractivity contribution in [3.63, 3.8) is 0 Å². The van der Waals surface area contributed by atoms with E-state index in [0.29, 0.717) is 5.92 Å². The van der Waals surface area contributed by atoms with Gasteiger partial charge < -0.3 is 4.90 Å². The molecule has 0 radical (unpaired) electrons. The van der Waals surface area contributed by atoms with Gasteiger partial charge in [0.15, 0.2) is 0 Å². The van der Waals surface area contributed by atoms with Gasteiger partial charge in [0.05, 0.1) is 11.1 Å². The fraction of sp³-hybridized carbons (Fsp3) is 0.200. The molecule has 1 atom stereocenters. The summed E-state index contributed by atoms with van der Waals surface area (Å²) >= 11 is 0. The molecule has 0 aliphatic heterocycles. The van der Waals surface area contributed by atoms with Gasteiger partial charge >= 0.3 is 0 Å². The summed E-state index contributed by atoms with van der Waals surface area (Å²) in [5.41, 5.74) is 24.7. The number of para-hydroxylation sites is 1. The molecule has 0 bridgehead atoms. The van der Waals surface area contributed by atoms with E-state index in [-0.39, 0.29) is 10.8 Å².